The number of ether oxygens (including phenoxy) is 2. The Morgan fingerprint density at radius 1 is 1.19 bits per heavy atom. The summed E-state index contributed by atoms with van der Waals surface area (Å²) in [5, 5.41) is 13.1. The number of nitrogens with zero attached hydrogens (tertiary/aromatic N) is 2. The van der Waals surface area contributed by atoms with E-state index in [-0.39, 0.29) is 12.7 Å². The van der Waals surface area contributed by atoms with Crippen LogP contribution in [0.25, 0.3) is 0 Å². The number of benzene rings is 2. The van der Waals surface area contributed by atoms with Crippen molar-refractivity contribution < 1.29 is 14.3 Å². The van der Waals surface area contributed by atoms with Gasteiger partial charge in [0.25, 0.3) is 5.91 Å². The van der Waals surface area contributed by atoms with Crippen molar-refractivity contribution in [3.05, 3.63) is 59.7 Å². The van der Waals surface area contributed by atoms with Crippen molar-refractivity contribution >= 4 is 11.6 Å². The van der Waals surface area contributed by atoms with Crippen molar-refractivity contribution in [1.29, 1.82) is 5.26 Å². The molecule has 0 aliphatic carbocycles. The molecule has 0 heterocycles. The monoisotopic (exact) mass is 351 g/mol. The second-order valence-corrected chi connectivity index (χ2v) is 5.82. The highest BCUT2D eigenvalue weighted by molar-refractivity contribution is 5.99. The van der Waals surface area contributed by atoms with Gasteiger partial charge >= 0.3 is 0 Å². The highest BCUT2D eigenvalue weighted by atomic mass is 16.5. The van der Waals surface area contributed by atoms with Crippen molar-refractivity contribution in [2.45, 2.75) is 26.9 Å². The summed E-state index contributed by atoms with van der Waals surface area (Å²) in [6, 6.07) is 16.2. The second kappa shape index (κ2) is 9.23. The van der Waals surface area contributed by atoms with Crippen LogP contribution >= 0.6 is 0 Å². The first-order valence-corrected chi connectivity index (χ1v) is 8.21. The van der Waals surface area contributed by atoms with Gasteiger partial charge in [0.05, 0.1) is 17.4 Å². The van der Waals surface area contributed by atoms with Crippen molar-refractivity contribution in [2.75, 3.05) is 6.61 Å². The lowest BCUT2D eigenvalue weighted by Gasteiger charge is -2.10. The Morgan fingerprint density at radius 2 is 1.88 bits per heavy atom. The van der Waals surface area contributed by atoms with Gasteiger partial charge in [-0.3, -0.25) is 4.79 Å². The van der Waals surface area contributed by atoms with E-state index in [0.29, 0.717) is 17.0 Å². The third-order valence-electron chi connectivity index (χ3n) is 3.36. The molecule has 6 heteroatoms. The van der Waals surface area contributed by atoms with Gasteiger partial charge in [-0.05, 0) is 62.7 Å². The predicted octanol–water partition coefficient (Wildman–Crippen LogP) is 3.26. The molecule has 2 rings (SSSR count). The Bertz CT molecular complexity index is 821. The summed E-state index contributed by atoms with van der Waals surface area (Å²) in [4.78, 5) is 11.9. The number of nitriles is 1. The van der Waals surface area contributed by atoms with E-state index in [1.165, 1.54) is 0 Å². The van der Waals surface area contributed by atoms with Crippen molar-refractivity contribution in [3.63, 3.8) is 0 Å². The van der Waals surface area contributed by atoms with Crippen molar-refractivity contribution in [3.8, 4) is 17.6 Å². The highest BCUT2D eigenvalue weighted by Gasteiger charge is 2.06. The maximum atomic E-state index is 11.9. The molecule has 0 saturated carbocycles. The van der Waals surface area contributed by atoms with E-state index in [9.17, 15) is 4.79 Å². The summed E-state index contributed by atoms with van der Waals surface area (Å²) in [6.07, 6.45) is 0.112. The van der Waals surface area contributed by atoms with Crippen LogP contribution in [0.4, 0.5) is 0 Å². The van der Waals surface area contributed by atoms with Gasteiger partial charge in [0.15, 0.2) is 6.61 Å². The third-order valence-corrected chi connectivity index (χ3v) is 3.36. The minimum atomic E-state index is -0.406. The molecule has 26 heavy (non-hydrogen) atoms. The Labute approximate surface area is 153 Å². The van der Waals surface area contributed by atoms with E-state index in [1.807, 2.05) is 44.2 Å². The molecule has 0 fully saturated rings. The number of hydrogen-bond donors (Lipinski definition) is 1. The number of carbonyl (C=O) groups excluding carboxylic acids is 1. The Hall–Kier alpha value is -3.33. The standard InChI is InChI=1S/C20H21N3O3/c1-14(2)26-18-10-8-16(9-11-18)15(3)22-23-20(24)13-25-19-7-5-4-6-17(19)12-21/h4-11,14H,13H2,1-3H3,(H,23,24)/b22-15-. The predicted molar refractivity (Wildman–Crippen MR) is 99.2 cm³/mol. The molecule has 0 saturated heterocycles. The maximum Gasteiger partial charge on any atom is 0.277 e. The van der Waals surface area contributed by atoms with E-state index in [1.54, 1.807) is 31.2 Å². The smallest absolute Gasteiger partial charge is 0.277 e. The van der Waals surface area contributed by atoms with Gasteiger partial charge in [-0.15, -0.1) is 0 Å². The molecular formula is C20H21N3O3. The SMILES string of the molecule is C/C(=N/NC(=O)COc1ccccc1C#N)c1ccc(OC(C)C)cc1. The summed E-state index contributed by atoms with van der Waals surface area (Å²) in [7, 11) is 0. The molecule has 0 unspecified atom stereocenters. The van der Waals surface area contributed by atoms with Crippen LogP contribution in [0.15, 0.2) is 53.6 Å². The summed E-state index contributed by atoms with van der Waals surface area (Å²) in [5.41, 5.74) is 4.36. The molecule has 0 aliphatic rings. The molecule has 0 radical (unpaired) electrons. The average Bonchev–Trinajstić information content (AvgIpc) is 2.64. The van der Waals surface area contributed by atoms with Crippen LogP contribution in [0.2, 0.25) is 0 Å². The molecule has 0 aromatic heterocycles. The maximum absolute atomic E-state index is 11.9. The van der Waals surface area contributed by atoms with Gasteiger partial charge in [-0.2, -0.15) is 10.4 Å². The van der Waals surface area contributed by atoms with Crippen LogP contribution in [0, 0.1) is 11.3 Å². The van der Waals surface area contributed by atoms with Crippen molar-refractivity contribution in [1.82, 2.24) is 5.43 Å². The van der Waals surface area contributed by atoms with Crippen LogP contribution in [-0.4, -0.2) is 24.3 Å². The van der Waals surface area contributed by atoms with Gasteiger partial charge in [-0.25, -0.2) is 5.43 Å². The fraction of sp³-hybridized carbons (Fsp3) is 0.250. The van der Waals surface area contributed by atoms with Crippen LogP contribution < -0.4 is 14.9 Å². The van der Waals surface area contributed by atoms with E-state index in [4.69, 9.17) is 14.7 Å². The number of rotatable bonds is 7. The van der Waals surface area contributed by atoms with Gasteiger partial charge in [0, 0.05) is 0 Å². The fourth-order valence-electron chi connectivity index (χ4n) is 2.12. The molecule has 1 N–H and O–H groups in total. The average molecular weight is 351 g/mol. The lowest BCUT2D eigenvalue weighted by atomic mass is 10.1. The first kappa shape index (κ1) is 19.0. The molecule has 0 spiro atoms. The zero-order valence-electron chi connectivity index (χ0n) is 15.0. The molecule has 0 bridgehead atoms. The van der Waals surface area contributed by atoms with E-state index >= 15 is 0 Å². The number of para-hydroxylation sites is 1. The Balaban J connectivity index is 1.89. The molecule has 1 amide bonds. The molecule has 134 valence electrons. The van der Waals surface area contributed by atoms with Crippen LogP contribution in [0.1, 0.15) is 31.9 Å². The normalized spacial score (nSPS) is 11.0. The van der Waals surface area contributed by atoms with Gasteiger partial charge in [0.1, 0.15) is 17.6 Å². The molecule has 2 aromatic carbocycles. The number of hydrogen-bond acceptors (Lipinski definition) is 5. The number of carbonyl (C=O) groups is 1. The Morgan fingerprint density at radius 3 is 2.54 bits per heavy atom. The van der Waals surface area contributed by atoms with Gasteiger partial charge in [-0.1, -0.05) is 12.1 Å². The first-order valence-electron chi connectivity index (χ1n) is 8.21. The number of nitrogens with one attached hydrogen (secondary N) is 1. The number of amides is 1. The van der Waals surface area contributed by atoms with E-state index in [2.05, 4.69) is 10.5 Å². The molecule has 6 nitrogen and oxygen atoms in total. The first-order chi connectivity index (χ1) is 12.5. The van der Waals surface area contributed by atoms with Crippen LogP contribution in [-0.2, 0) is 4.79 Å². The minimum absolute atomic E-state index is 0.112. The lowest BCUT2D eigenvalue weighted by molar-refractivity contribution is -0.123. The van der Waals surface area contributed by atoms with Crippen LogP contribution in [0.3, 0.4) is 0 Å². The van der Waals surface area contributed by atoms with E-state index in [0.717, 1.165) is 11.3 Å². The topological polar surface area (TPSA) is 83.7 Å². The zero-order valence-corrected chi connectivity index (χ0v) is 15.0. The summed E-state index contributed by atoms with van der Waals surface area (Å²) < 4.78 is 11.0. The Kier molecular flexibility index (Phi) is 6.75. The summed E-state index contributed by atoms with van der Waals surface area (Å²) in [5.74, 6) is 0.744. The number of hydrazone groups is 1. The van der Waals surface area contributed by atoms with Gasteiger partial charge in [0.2, 0.25) is 0 Å². The summed E-state index contributed by atoms with van der Waals surface area (Å²) >= 11 is 0. The highest BCUT2D eigenvalue weighted by Crippen LogP contribution is 2.16. The van der Waals surface area contributed by atoms with Gasteiger partial charge < -0.3 is 9.47 Å². The lowest BCUT2D eigenvalue weighted by Crippen LogP contribution is -2.25. The second-order valence-electron chi connectivity index (χ2n) is 5.82. The molecule has 0 atom stereocenters. The van der Waals surface area contributed by atoms with Crippen molar-refractivity contribution in [2.24, 2.45) is 5.10 Å². The molecule has 0 aliphatic heterocycles. The largest absolute Gasteiger partial charge is 0.491 e. The minimum Gasteiger partial charge on any atom is -0.491 e. The molecule has 2 aromatic rings. The zero-order chi connectivity index (χ0) is 18.9. The van der Waals surface area contributed by atoms with Crippen LogP contribution in [0.5, 0.6) is 11.5 Å². The van der Waals surface area contributed by atoms with E-state index < -0.39 is 5.91 Å². The summed E-state index contributed by atoms with van der Waals surface area (Å²) in [6.45, 7) is 5.50. The molecular weight excluding hydrogens is 330 g/mol. The quantitative estimate of drug-likeness (QED) is 0.613. The third kappa shape index (κ3) is 5.64. The fourth-order valence-corrected chi connectivity index (χ4v) is 2.12.